The van der Waals surface area contributed by atoms with E-state index in [4.69, 9.17) is 4.52 Å². The third kappa shape index (κ3) is 5.40. The zero-order chi connectivity index (χ0) is 15.1. The summed E-state index contributed by atoms with van der Waals surface area (Å²) in [5, 5.41) is 13.8. The Hall–Kier alpha value is -0.940. The van der Waals surface area contributed by atoms with Crippen LogP contribution in [0, 0.1) is 0 Å². The topological polar surface area (TPSA) is 62.4 Å². The van der Waals surface area contributed by atoms with E-state index in [1.807, 2.05) is 6.92 Å². The number of rotatable bonds is 8. The van der Waals surface area contributed by atoms with Gasteiger partial charge in [-0.2, -0.15) is 4.98 Å². The third-order valence-electron chi connectivity index (χ3n) is 4.19. The molecule has 0 bridgehead atoms. The van der Waals surface area contributed by atoms with Gasteiger partial charge in [0.2, 0.25) is 5.89 Å². The Kier molecular flexibility index (Phi) is 6.64. The maximum atomic E-state index is 9.75. The molecule has 5 nitrogen and oxygen atoms in total. The highest BCUT2D eigenvalue weighted by Gasteiger charge is 2.23. The first-order chi connectivity index (χ1) is 10.2. The second-order valence-electron chi connectivity index (χ2n) is 6.28. The van der Waals surface area contributed by atoms with Gasteiger partial charge in [-0.15, -0.1) is 0 Å². The molecule has 1 N–H and O–H groups in total. The molecule has 0 radical (unpaired) electrons. The molecule has 1 saturated carbocycles. The van der Waals surface area contributed by atoms with Crippen molar-refractivity contribution >= 4 is 0 Å². The van der Waals surface area contributed by atoms with Crippen LogP contribution in [-0.4, -0.2) is 38.8 Å². The van der Waals surface area contributed by atoms with Gasteiger partial charge < -0.3 is 9.63 Å². The largest absolute Gasteiger partial charge is 0.392 e. The molecule has 120 valence electrons. The number of aryl methyl sites for hydroxylation is 1. The second kappa shape index (κ2) is 8.49. The van der Waals surface area contributed by atoms with Crippen LogP contribution in [-0.2, 0) is 13.0 Å². The minimum atomic E-state index is -0.321. The molecule has 1 atom stereocenters. The Morgan fingerprint density at radius 2 is 2.10 bits per heavy atom. The molecular formula is C16H29N3O2. The zero-order valence-electron chi connectivity index (χ0n) is 13.4. The maximum absolute atomic E-state index is 9.75. The van der Waals surface area contributed by atoms with Crippen molar-refractivity contribution in [3.8, 4) is 0 Å². The summed E-state index contributed by atoms with van der Waals surface area (Å²) in [4.78, 5) is 6.82. The molecule has 1 aromatic rings. The normalized spacial score (nSPS) is 18.3. The lowest BCUT2D eigenvalue weighted by Gasteiger charge is -2.34. The second-order valence-corrected chi connectivity index (χ2v) is 6.28. The average Bonchev–Trinajstić information content (AvgIpc) is 2.92. The summed E-state index contributed by atoms with van der Waals surface area (Å²) in [6.45, 7) is 5.37. The van der Waals surface area contributed by atoms with Gasteiger partial charge in [-0.3, -0.25) is 4.90 Å². The van der Waals surface area contributed by atoms with Crippen LogP contribution in [0.4, 0.5) is 0 Å². The predicted octanol–water partition coefficient (Wildman–Crippen LogP) is 2.93. The average molecular weight is 295 g/mol. The fourth-order valence-electron chi connectivity index (χ4n) is 3.09. The summed E-state index contributed by atoms with van der Waals surface area (Å²) in [6, 6.07) is 0.547. The Bertz CT molecular complexity index is 400. The standard InChI is InChI=1S/C16H29N3O2/c1-3-4-10-16-17-15(18-21-16)12-19(11-13(2)20)14-8-6-5-7-9-14/h13-14,20H,3-12H2,1-2H3. The summed E-state index contributed by atoms with van der Waals surface area (Å²) >= 11 is 0. The first-order valence-electron chi connectivity index (χ1n) is 8.42. The van der Waals surface area contributed by atoms with E-state index >= 15 is 0 Å². The van der Waals surface area contributed by atoms with E-state index in [1.54, 1.807) is 0 Å². The Balaban J connectivity index is 1.94. The van der Waals surface area contributed by atoms with E-state index in [0.717, 1.165) is 31.0 Å². The third-order valence-corrected chi connectivity index (χ3v) is 4.19. The summed E-state index contributed by atoms with van der Waals surface area (Å²) in [7, 11) is 0. The Morgan fingerprint density at radius 1 is 1.33 bits per heavy atom. The molecule has 5 heteroatoms. The number of aliphatic hydroxyl groups excluding tert-OH is 1. The molecule has 1 aromatic heterocycles. The van der Waals surface area contributed by atoms with Crippen LogP contribution < -0.4 is 0 Å². The van der Waals surface area contributed by atoms with Crippen molar-refractivity contribution in [2.24, 2.45) is 0 Å². The Labute approximate surface area is 127 Å². The highest BCUT2D eigenvalue weighted by molar-refractivity contribution is 4.89. The van der Waals surface area contributed by atoms with Crippen molar-refractivity contribution in [2.75, 3.05) is 6.54 Å². The lowest BCUT2D eigenvalue weighted by Crippen LogP contribution is -2.40. The van der Waals surface area contributed by atoms with Gasteiger partial charge in [0.05, 0.1) is 12.6 Å². The molecule has 0 saturated heterocycles. The fourth-order valence-corrected chi connectivity index (χ4v) is 3.09. The molecule has 1 unspecified atom stereocenters. The SMILES string of the molecule is CCCCc1nc(CN(CC(C)O)C2CCCCC2)no1. The van der Waals surface area contributed by atoms with E-state index < -0.39 is 0 Å². The summed E-state index contributed by atoms with van der Waals surface area (Å²) in [5.41, 5.74) is 0. The van der Waals surface area contributed by atoms with Crippen molar-refractivity contribution in [3.05, 3.63) is 11.7 Å². The van der Waals surface area contributed by atoms with Crippen LogP contribution in [0.5, 0.6) is 0 Å². The van der Waals surface area contributed by atoms with Crippen LogP contribution in [0.3, 0.4) is 0 Å². The van der Waals surface area contributed by atoms with Gasteiger partial charge in [-0.25, -0.2) is 0 Å². The van der Waals surface area contributed by atoms with Crippen molar-refractivity contribution in [1.82, 2.24) is 15.0 Å². The van der Waals surface area contributed by atoms with Gasteiger partial charge in [0, 0.05) is 19.0 Å². The van der Waals surface area contributed by atoms with Crippen molar-refractivity contribution < 1.29 is 9.63 Å². The molecule has 0 amide bonds. The minimum absolute atomic E-state index is 0.321. The van der Waals surface area contributed by atoms with E-state index in [2.05, 4.69) is 22.0 Å². The highest BCUT2D eigenvalue weighted by atomic mass is 16.5. The number of unbranched alkanes of at least 4 members (excludes halogenated alkanes) is 1. The van der Waals surface area contributed by atoms with Crippen LogP contribution in [0.2, 0.25) is 0 Å². The number of nitrogens with zero attached hydrogens (tertiary/aromatic N) is 3. The van der Waals surface area contributed by atoms with Crippen molar-refractivity contribution in [2.45, 2.75) is 83.9 Å². The number of hydrogen-bond donors (Lipinski definition) is 1. The van der Waals surface area contributed by atoms with E-state index in [9.17, 15) is 5.11 Å². The summed E-state index contributed by atoms with van der Waals surface area (Å²) < 4.78 is 5.31. The highest BCUT2D eigenvalue weighted by Crippen LogP contribution is 2.24. The zero-order valence-corrected chi connectivity index (χ0v) is 13.4. The number of aromatic nitrogens is 2. The molecule has 0 spiro atoms. The lowest BCUT2D eigenvalue weighted by molar-refractivity contribution is 0.0744. The molecule has 0 aromatic carbocycles. The predicted molar refractivity (Wildman–Crippen MR) is 81.9 cm³/mol. The molecule has 2 rings (SSSR count). The molecule has 1 aliphatic carbocycles. The van der Waals surface area contributed by atoms with Gasteiger partial charge in [0.1, 0.15) is 0 Å². The van der Waals surface area contributed by atoms with Gasteiger partial charge in [-0.05, 0) is 26.2 Å². The van der Waals surface area contributed by atoms with E-state index in [1.165, 1.54) is 32.1 Å². The summed E-state index contributed by atoms with van der Waals surface area (Å²) in [6.07, 6.45) is 9.10. The minimum Gasteiger partial charge on any atom is -0.392 e. The van der Waals surface area contributed by atoms with Gasteiger partial charge >= 0.3 is 0 Å². The van der Waals surface area contributed by atoms with Crippen LogP contribution in [0.15, 0.2) is 4.52 Å². The molecular weight excluding hydrogens is 266 g/mol. The van der Waals surface area contributed by atoms with Gasteiger partial charge in [0.25, 0.3) is 0 Å². The van der Waals surface area contributed by atoms with E-state index in [-0.39, 0.29) is 6.10 Å². The molecule has 0 aliphatic heterocycles. The van der Waals surface area contributed by atoms with Crippen molar-refractivity contribution in [3.63, 3.8) is 0 Å². The number of aliphatic hydroxyl groups is 1. The molecule has 21 heavy (non-hydrogen) atoms. The van der Waals surface area contributed by atoms with Gasteiger partial charge in [0.15, 0.2) is 5.82 Å². The Morgan fingerprint density at radius 3 is 2.76 bits per heavy atom. The monoisotopic (exact) mass is 295 g/mol. The van der Waals surface area contributed by atoms with Crippen LogP contribution in [0.25, 0.3) is 0 Å². The van der Waals surface area contributed by atoms with Crippen LogP contribution >= 0.6 is 0 Å². The summed E-state index contributed by atoms with van der Waals surface area (Å²) in [5.74, 6) is 1.50. The first kappa shape index (κ1) is 16.4. The van der Waals surface area contributed by atoms with Crippen molar-refractivity contribution in [1.29, 1.82) is 0 Å². The smallest absolute Gasteiger partial charge is 0.226 e. The first-order valence-corrected chi connectivity index (χ1v) is 8.42. The fraction of sp³-hybridized carbons (Fsp3) is 0.875. The maximum Gasteiger partial charge on any atom is 0.226 e. The van der Waals surface area contributed by atoms with Crippen LogP contribution in [0.1, 0.15) is 70.5 Å². The van der Waals surface area contributed by atoms with Gasteiger partial charge in [-0.1, -0.05) is 37.8 Å². The quantitative estimate of drug-likeness (QED) is 0.799. The molecule has 1 aliphatic rings. The lowest BCUT2D eigenvalue weighted by atomic mass is 9.94. The number of hydrogen-bond acceptors (Lipinski definition) is 5. The molecule has 1 heterocycles. The van der Waals surface area contributed by atoms with E-state index in [0.29, 0.717) is 19.1 Å². The molecule has 1 fully saturated rings.